The largest absolute Gasteiger partial charge is 0.459 e. The summed E-state index contributed by atoms with van der Waals surface area (Å²) in [5, 5.41) is 5.35. The van der Waals surface area contributed by atoms with Crippen LogP contribution in [0.25, 0.3) is 0 Å². The van der Waals surface area contributed by atoms with Crippen LogP contribution in [-0.2, 0) is 9.53 Å². The normalized spacial score (nSPS) is 19.8. The topological polar surface area (TPSA) is 83.8 Å². The van der Waals surface area contributed by atoms with E-state index in [0.717, 1.165) is 6.54 Å². The lowest BCUT2D eigenvalue weighted by Gasteiger charge is -2.32. The van der Waals surface area contributed by atoms with Crippen LogP contribution in [0.15, 0.2) is 22.8 Å². The zero-order chi connectivity index (χ0) is 14.4. The number of rotatable bonds is 5. The Balaban J connectivity index is 1.78. The molecule has 1 atom stereocenters. The number of furan rings is 1. The first-order valence-corrected chi connectivity index (χ1v) is 6.55. The molecule has 2 heterocycles. The Morgan fingerprint density at radius 1 is 1.50 bits per heavy atom. The zero-order valence-corrected chi connectivity index (χ0v) is 11.4. The number of ether oxygens (including phenoxy) is 1. The summed E-state index contributed by atoms with van der Waals surface area (Å²) in [5.74, 6) is -0.718. The van der Waals surface area contributed by atoms with Crippen LogP contribution in [0, 0.1) is 0 Å². The minimum Gasteiger partial charge on any atom is -0.459 e. The van der Waals surface area contributed by atoms with Crippen molar-refractivity contribution in [1.29, 1.82) is 0 Å². The highest BCUT2D eigenvalue weighted by atomic mass is 16.5. The Morgan fingerprint density at radius 2 is 2.35 bits per heavy atom. The van der Waals surface area contributed by atoms with E-state index in [1.807, 2.05) is 11.9 Å². The summed E-state index contributed by atoms with van der Waals surface area (Å²) < 4.78 is 10.5. The third-order valence-electron chi connectivity index (χ3n) is 3.02. The van der Waals surface area contributed by atoms with E-state index in [9.17, 15) is 9.59 Å². The molecule has 0 spiro atoms. The van der Waals surface area contributed by atoms with Crippen LogP contribution < -0.4 is 10.6 Å². The van der Waals surface area contributed by atoms with E-state index in [1.165, 1.54) is 12.3 Å². The summed E-state index contributed by atoms with van der Waals surface area (Å²) >= 11 is 0. The molecule has 1 aromatic heterocycles. The van der Waals surface area contributed by atoms with Crippen molar-refractivity contribution in [3.63, 3.8) is 0 Å². The molecule has 0 aliphatic carbocycles. The van der Waals surface area contributed by atoms with Crippen LogP contribution >= 0.6 is 0 Å². The molecule has 1 saturated heterocycles. The summed E-state index contributed by atoms with van der Waals surface area (Å²) in [4.78, 5) is 25.4. The molecule has 110 valence electrons. The smallest absolute Gasteiger partial charge is 0.293 e. The van der Waals surface area contributed by atoms with Crippen molar-refractivity contribution in [2.45, 2.75) is 6.10 Å². The monoisotopic (exact) mass is 281 g/mol. The van der Waals surface area contributed by atoms with Crippen LogP contribution in [0.3, 0.4) is 0 Å². The minimum absolute atomic E-state index is 0.0716. The second kappa shape index (κ2) is 7.18. The Hall–Kier alpha value is -1.70. The third-order valence-corrected chi connectivity index (χ3v) is 3.02. The molecule has 2 amide bonds. The van der Waals surface area contributed by atoms with Gasteiger partial charge in [0, 0.05) is 19.6 Å². The third kappa shape index (κ3) is 4.16. The fourth-order valence-corrected chi connectivity index (χ4v) is 2.11. The number of carbonyl (C=O) groups is 2. The van der Waals surface area contributed by atoms with Crippen LogP contribution in [0.5, 0.6) is 0 Å². The fraction of sp³-hybridized carbons (Fsp3) is 0.538. The fourth-order valence-electron chi connectivity index (χ4n) is 2.11. The number of morpholine rings is 1. The predicted molar refractivity (Wildman–Crippen MR) is 71.3 cm³/mol. The van der Waals surface area contributed by atoms with Gasteiger partial charge in [0.25, 0.3) is 5.91 Å². The number of nitrogens with zero attached hydrogens (tertiary/aromatic N) is 1. The van der Waals surface area contributed by atoms with E-state index in [1.54, 1.807) is 6.07 Å². The van der Waals surface area contributed by atoms with Gasteiger partial charge >= 0.3 is 0 Å². The van der Waals surface area contributed by atoms with Crippen molar-refractivity contribution >= 4 is 11.8 Å². The molecule has 2 rings (SSSR count). The molecule has 0 bridgehead atoms. The first-order chi connectivity index (χ1) is 9.69. The van der Waals surface area contributed by atoms with Crippen molar-refractivity contribution in [2.24, 2.45) is 0 Å². The summed E-state index contributed by atoms with van der Waals surface area (Å²) in [7, 11) is 1.86. The number of imide groups is 1. The molecule has 1 aliphatic rings. The van der Waals surface area contributed by atoms with Gasteiger partial charge in [-0.15, -0.1) is 0 Å². The van der Waals surface area contributed by atoms with E-state index in [-0.39, 0.29) is 24.3 Å². The van der Waals surface area contributed by atoms with Crippen molar-refractivity contribution in [2.75, 3.05) is 39.8 Å². The number of hydrogen-bond acceptors (Lipinski definition) is 6. The van der Waals surface area contributed by atoms with Crippen molar-refractivity contribution < 1.29 is 18.7 Å². The number of likely N-dealkylation sites (N-methyl/N-ethyl adjacent to an activating group) is 1. The molecule has 1 aromatic rings. The van der Waals surface area contributed by atoms with E-state index in [2.05, 4.69) is 10.6 Å². The van der Waals surface area contributed by atoms with Gasteiger partial charge < -0.3 is 14.5 Å². The molecular weight excluding hydrogens is 262 g/mol. The van der Waals surface area contributed by atoms with Crippen molar-refractivity contribution in [1.82, 2.24) is 15.5 Å². The van der Waals surface area contributed by atoms with Gasteiger partial charge in [-0.25, -0.2) is 0 Å². The average Bonchev–Trinajstić information content (AvgIpc) is 2.93. The van der Waals surface area contributed by atoms with Crippen molar-refractivity contribution in [3.05, 3.63) is 24.2 Å². The van der Waals surface area contributed by atoms with Gasteiger partial charge in [0.2, 0.25) is 5.91 Å². The van der Waals surface area contributed by atoms with E-state index in [4.69, 9.17) is 9.15 Å². The molecule has 7 nitrogen and oxygen atoms in total. The van der Waals surface area contributed by atoms with Gasteiger partial charge in [0.05, 0.1) is 25.5 Å². The summed E-state index contributed by atoms with van der Waals surface area (Å²) in [6.45, 7) is 2.86. The van der Waals surface area contributed by atoms with Gasteiger partial charge in [-0.05, 0) is 19.2 Å². The second-order valence-electron chi connectivity index (χ2n) is 4.64. The zero-order valence-electron chi connectivity index (χ0n) is 11.4. The molecule has 0 saturated carbocycles. The Kier molecular flexibility index (Phi) is 5.28. The molecule has 0 aromatic carbocycles. The molecule has 7 heteroatoms. The summed E-state index contributed by atoms with van der Waals surface area (Å²) in [6, 6.07) is 3.12. The summed E-state index contributed by atoms with van der Waals surface area (Å²) in [5.41, 5.74) is 0. The van der Waals surface area contributed by atoms with Crippen LogP contribution in [-0.4, -0.2) is 62.7 Å². The standard InChI is InChI=1S/C13H19N3O4/c1-14-7-10-8-16(4-6-19-10)9-12(17)15-13(18)11-3-2-5-20-11/h2-3,5,10,14H,4,6-9H2,1H3,(H,15,17,18). The molecule has 1 fully saturated rings. The van der Waals surface area contributed by atoms with Crippen molar-refractivity contribution in [3.8, 4) is 0 Å². The molecule has 20 heavy (non-hydrogen) atoms. The van der Waals surface area contributed by atoms with Gasteiger partial charge in [-0.3, -0.25) is 19.8 Å². The predicted octanol–water partition coefficient (Wildman–Crippen LogP) is -0.544. The maximum Gasteiger partial charge on any atom is 0.293 e. The second-order valence-corrected chi connectivity index (χ2v) is 4.64. The van der Waals surface area contributed by atoms with E-state index >= 15 is 0 Å². The highest BCUT2D eigenvalue weighted by Gasteiger charge is 2.22. The highest BCUT2D eigenvalue weighted by Crippen LogP contribution is 2.04. The van der Waals surface area contributed by atoms with Crippen LogP contribution in [0.1, 0.15) is 10.6 Å². The number of carbonyl (C=O) groups excluding carboxylic acids is 2. The Morgan fingerprint density at radius 3 is 3.05 bits per heavy atom. The van der Waals surface area contributed by atoms with E-state index in [0.29, 0.717) is 19.7 Å². The average molecular weight is 281 g/mol. The first-order valence-electron chi connectivity index (χ1n) is 6.55. The molecule has 0 radical (unpaired) electrons. The van der Waals surface area contributed by atoms with Gasteiger partial charge in [0.15, 0.2) is 5.76 Å². The first kappa shape index (κ1) is 14.7. The molecule has 2 N–H and O–H groups in total. The van der Waals surface area contributed by atoms with Crippen LogP contribution in [0.2, 0.25) is 0 Å². The van der Waals surface area contributed by atoms with Crippen LogP contribution in [0.4, 0.5) is 0 Å². The lowest BCUT2D eigenvalue weighted by atomic mass is 10.2. The van der Waals surface area contributed by atoms with Gasteiger partial charge in [-0.2, -0.15) is 0 Å². The number of hydrogen-bond donors (Lipinski definition) is 2. The number of nitrogens with one attached hydrogen (secondary N) is 2. The van der Waals surface area contributed by atoms with Gasteiger partial charge in [0.1, 0.15) is 0 Å². The lowest BCUT2D eigenvalue weighted by molar-refractivity contribution is -0.123. The number of amides is 2. The molecular formula is C13H19N3O4. The maximum atomic E-state index is 11.8. The summed E-state index contributed by atoms with van der Waals surface area (Å²) in [6.07, 6.45) is 1.46. The van der Waals surface area contributed by atoms with Gasteiger partial charge in [-0.1, -0.05) is 0 Å². The SMILES string of the molecule is CNCC1CN(CC(=O)NC(=O)c2ccco2)CCO1. The minimum atomic E-state index is -0.514. The Bertz CT molecular complexity index is 444. The lowest BCUT2D eigenvalue weighted by Crippen LogP contribution is -2.49. The molecule has 1 unspecified atom stereocenters. The Labute approximate surface area is 117 Å². The quantitative estimate of drug-likeness (QED) is 0.754. The maximum absolute atomic E-state index is 11.8. The molecule has 1 aliphatic heterocycles. The van der Waals surface area contributed by atoms with E-state index < -0.39 is 5.91 Å². The highest BCUT2D eigenvalue weighted by molar-refractivity contribution is 6.03.